The largest absolute Gasteiger partial charge is 0.329 e. The molecule has 1 unspecified atom stereocenters. The van der Waals surface area contributed by atoms with Crippen molar-refractivity contribution in [3.05, 3.63) is 12.2 Å². The van der Waals surface area contributed by atoms with Gasteiger partial charge in [-0.2, -0.15) is 0 Å². The number of unbranched alkanes of at least 4 members (excludes halogenated alkanes) is 6. The predicted molar refractivity (Wildman–Crippen MR) is 80.0 cm³/mol. The molecule has 0 aromatic carbocycles. The molecule has 3 heteroatoms. The fourth-order valence-electron chi connectivity index (χ4n) is 2.28. The van der Waals surface area contributed by atoms with Gasteiger partial charge in [-0.1, -0.05) is 45.1 Å². The molecule has 0 radical (unpaired) electrons. The number of rotatable bonds is 10. The van der Waals surface area contributed by atoms with Crippen LogP contribution in [0.5, 0.6) is 0 Å². The summed E-state index contributed by atoms with van der Waals surface area (Å²) in [7, 11) is 0. The van der Waals surface area contributed by atoms with E-state index in [0.29, 0.717) is 6.54 Å². The van der Waals surface area contributed by atoms with E-state index in [1.165, 1.54) is 44.9 Å². The maximum Gasteiger partial charge on any atom is 0.121 e. The Kier molecular flexibility index (Phi) is 8.78. The van der Waals surface area contributed by atoms with E-state index in [4.69, 9.17) is 5.73 Å². The molecule has 0 saturated heterocycles. The summed E-state index contributed by atoms with van der Waals surface area (Å²) in [6.07, 6.45) is 16.1. The highest BCUT2D eigenvalue weighted by atomic mass is 15.3. The Hall–Kier alpha value is -0.670. The third kappa shape index (κ3) is 6.31. The summed E-state index contributed by atoms with van der Waals surface area (Å²) < 4.78 is 0. The summed E-state index contributed by atoms with van der Waals surface area (Å²) in [5.41, 5.74) is 5.58. The van der Waals surface area contributed by atoms with E-state index < -0.39 is 0 Å². The van der Waals surface area contributed by atoms with Crippen molar-refractivity contribution in [2.75, 3.05) is 19.6 Å². The van der Waals surface area contributed by atoms with Crippen LogP contribution < -0.4 is 5.73 Å². The molecule has 0 aromatic heterocycles. The van der Waals surface area contributed by atoms with Gasteiger partial charge in [0.25, 0.3) is 0 Å². The zero-order chi connectivity index (χ0) is 13.1. The zero-order valence-corrected chi connectivity index (χ0v) is 11.9. The molecule has 1 atom stereocenters. The van der Waals surface area contributed by atoms with Crippen LogP contribution in [0.1, 0.15) is 51.9 Å². The molecule has 1 aliphatic heterocycles. The molecule has 2 N–H and O–H groups in total. The summed E-state index contributed by atoms with van der Waals surface area (Å²) in [5.74, 6) is 0. The number of aliphatic imine (C=N–C) groups is 1. The van der Waals surface area contributed by atoms with Crippen molar-refractivity contribution >= 4 is 6.21 Å². The maximum absolute atomic E-state index is 5.58. The average Bonchev–Trinajstić information content (AvgIpc) is 2.81. The molecular formula is C15H29N3. The first-order chi connectivity index (χ1) is 8.88. The lowest BCUT2D eigenvalue weighted by Crippen LogP contribution is -2.33. The Morgan fingerprint density at radius 2 is 2.06 bits per heavy atom. The van der Waals surface area contributed by atoms with Gasteiger partial charge in [-0.3, -0.25) is 9.89 Å². The average molecular weight is 251 g/mol. The zero-order valence-electron chi connectivity index (χ0n) is 11.9. The highest BCUT2D eigenvalue weighted by Crippen LogP contribution is 2.10. The Bertz CT molecular complexity index is 248. The molecule has 0 aliphatic carbocycles. The quantitative estimate of drug-likeness (QED) is 0.479. The molecule has 0 aromatic rings. The van der Waals surface area contributed by atoms with Crippen LogP contribution in [0.4, 0.5) is 0 Å². The molecule has 1 heterocycles. The van der Waals surface area contributed by atoms with Gasteiger partial charge in [0.1, 0.15) is 6.17 Å². The second-order valence-electron chi connectivity index (χ2n) is 5.01. The highest BCUT2D eigenvalue weighted by Gasteiger charge is 2.16. The van der Waals surface area contributed by atoms with Crippen molar-refractivity contribution in [2.45, 2.75) is 58.0 Å². The minimum atomic E-state index is 0.244. The van der Waals surface area contributed by atoms with Crippen LogP contribution in [-0.4, -0.2) is 36.9 Å². The third-order valence-corrected chi connectivity index (χ3v) is 3.40. The molecule has 1 aliphatic rings. The molecule has 0 saturated carbocycles. The minimum Gasteiger partial charge on any atom is -0.329 e. The van der Waals surface area contributed by atoms with Crippen molar-refractivity contribution in [1.29, 1.82) is 0 Å². The van der Waals surface area contributed by atoms with Gasteiger partial charge < -0.3 is 5.73 Å². The van der Waals surface area contributed by atoms with E-state index in [0.717, 1.165) is 13.1 Å². The Morgan fingerprint density at radius 3 is 2.83 bits per heavy atom. The second-order valence-corrected chi connectivity index (χ2v) is 5.01. The summed E-state index contributed by atoms with van der Waals surface area (Å²) in [5, 5.41) is 0. The number of hydrogen-bond donors (Lipinski definition) is 1. The summed E-state index contributed by atoms with van der Waals surface area (Å²) in [4.78, 5) is 6.76. The monoisotopic (exact) mass is 251 g/mol. The van der Waals surface area contributed by atoms with E-state index in [9.17, 15) is 0 Å². The van der Waals surface area contributed by atoms with Crippen LogP contribution in [-0.2, 0) is 0 Å². The maximum atomic E-state index is 5.58. The molecule has 104 valence electrons. The molecule has 0 spiro atoms. The molecule has 0 bridgehead atoms. The Labute approximate surface area is 112 Å². The molecule has 1 rings (SSSR count). The van der Waals surface area contributed by atoms with E-state index in [-0.39, 0.29) is 6.17 Å². The van der Waals surface area contributed by atoms with Gasteiger partial charge in [0.05, 0.1) is 0 Å². The van der Waals surface area contributed by atoms with Crippen molar-refractivity contribution < 1.29 is 0 Å². The van der Waals surface area contributed by atoms with Crippen molar-refractivity contribution in [3.63, 3.8) is 0 Å². The number of nitrogens with two attached hydrogens (primary N) is 1. The van der Waals surface area contributed by atoms with Crippen LogP contribution in [0.25, 0.3) is 0 Å². The van der Waals surface area contributed by atoms with Crippen LogP contribution in [0.2, 0.25) is 0 Å². The molecule has 0 amide bonds. The Morgan fingerprint density at radius 1 is 1.28 bits per heavy atom. The first-order valence-corrected chi connectivity index (χ1v) is 7.51. The lowest BCUT2D eigenvalue weighted by molar-refractivity contribution is 0.297. The van der Waals surface area contributed by atoms with Crippen molar-refractivity contribution in [3.8, 4) is 0 Å². The molecule has 0 fully saturated rings. The minimum absolute atomic E-state index is 0.244. The topological polar surface area (TPSA) is 41.6 Å². The summed E-state index contributed by atoms with van der Waals surface area (Å²) >= 11 is 0. The van der Waals surface area contributed by atoms with Crippen LogP contribution in [0.15, 0.2) is 17.1 Å². The molecule has 3 nitrogen and oxygen atoms in total. The lowest BCUT2D eigenvalue weighted by Gasteiger charge is -2.18. The van der Waals surface area contributed by atoms with Crippen LogP contribution in [0, 0.1) is 0 Å². The van der Waals surface area contributed by atoms with Crippen LogP contribution in [0.3, 0.4) is 0 Å². The first kappa shape index (κ1) is 15.4. The van der Waals surface area contributed by atoms with Gasteiger partial charge in [-0.05, 0) is 18.9 Å². The number of nitrogens with zero attached hydrogens (tertiary/aromatic N) is 2. The first-order valence-electron chi connectivity index (χ1n) is 7.51. The summed E-state index contributed by atoms with van der Waals surface area (Å²) in [6.45, 7) is 4.86. The van der Waals surface area contributed by atoms with E-state index in [1.54, 1.807) is 0 Å². The van der Waals surface area contributed by atoms with Crippen LogP contribution >= 0.6 is 0 Å². The van der Waals surface area contributed by atoms with E-state index in [2.05, 4.69) is 29.0 Å². The standard InChI is InChI=1S/C15H29N3/c1-2-3-4-5-6-7-8-9-10-15-17-12-14-18(15)13-11-16/h9-10,12,15H,2-8,11,13-14,16H2,1H3/b10-9+. The SMILES string of the molecule is CCCCCCCC/C=C/C1N=CCN1CCN. The number of allylic oxidation sites excluding steroid dienone is 1. The van der Waals surface area contributed by atoms with Crippen molar-refractivity contribution in [1.82, 2.24) is 4.90 Å². The third-order valence-electron chi connectivity index (χ3n) is 3.40. The van der Waals surface area contributed by atoms with Gasteiger partial charge >= 0.3 is 0 Å². The molecule has 18 heavy (non-hydrogen) atoms. The highest BCUT2D eigenvalue weighted by molar-refractivity contribution is 5.62. The van der Waals surface area contributed by atoms with Gasteiger partial charge in [-0.15, -0.1) is 0 Å². The Balaban J connectivity index is 2.03. The van der Waals surface area contributed by atoms with Gasteiger partial charge in [0, 0.05) is 25.8 Å². The lowest BCUT2D eigenvalue weighted by atomic mass is 10.1. The smallest absolute Gasteiger partial charge is 0.121 e. The van der Waals surface area contributed by atoms with Gasteiger partial charge in [0.15, 0.2) is 0 Å². The molecular weight excluding hydrogens is 222 g/mol. The second kappa shape index (κ2) is 10.3. The fourth-order valence-corrected chi connectivity index (χ4v) is 2.28. The van der Waals surface area contributed by atoms with E-state index in [1.807, 2.05) is 6.21 Å². The fraction of sp³-hybridized carbons (Fsp3) is 0.800. The van der Waals surface area contributed by atoms with Gasteiger partial charge in [-0.25, -0.2) is 0 Å². The van der Waals surface area contributed by atoms with E-state index >= 15 is 0 Å². The normalized spacial score (nSPS) is 20.2. The number of hydrogen-bond acceptors (Lipinski definition) is 3. The summed E-state index contributed by atoms with van der Waals surface area (Å²) in [6, 6.07) is 0. The predicted octanol–water partition coefficient (Wildman–Crippen LogP) is 2.96. The van der Waals surface area contributed by atoms with Gasteiger partial charge in [0.2, 0.25) is 0 Å². The van der Waals surface area contributed by atoms with Crippen molar-refractivity contribution in [2.24, 2.45) is 10.7 Å².